The number of hydrogen-bond acceptors (Lipinski definition) is 2. The van der Waals surface area contributed by atoms with Crippen LogP contribution in [0.1, 0.15) is 13.8 Å². The van der Waals surface area contributed by atoms with Gasteiger partial charge < -0.3 is 8.85 Å². The first-order valence-corrected chi connectivity index (χ1v) is 9.98. The third-order valence-corrected chi connectivity index (χ3v) is 4.79. The SMILES string of the molecule is CC(I)CO[Si](C)(C)OC(C)CI. The lowest BCUT2D eigenvalue weighted by molar-refractivity contribution is 0.148. The zero-order valence-electron chi connectivity index (χ0n) is 8.64. The average molecular weight is 428 g/mol. The largest absolute Gasteiger partial charge is 0.393 e. The molecule has 0 aliphatic carbocycles. The summed E-state index contributed by atoms with van der Waals surface area (Å²) in [5.74, 6) is 0. The molecule has 0 heterocycles. The molecule has 0 N–H and O–H groups in total. The number of rotatable bonds is 6. The fraction of sp³-hybridized carbons (Fsp3) is 1.00. The quantitative estimate of drug-likeness (QED) is 0.367. The lowest BCUT2D eigenvalue weighted by atomic mass is 10.5. The maximum absolute atomic E-state index is 5.84. The first-order valence-electron chi connectivity index (χ1n) is 4.39. The predicted molar refractivity (Wildman–Crippen MR) is 76.4 cm³/mol. The molecule has 0 aliphatic heterocycles. The van der Waals surface area contributed by atoms with E-state index in [4.69, 9.17) is 8.85 Å². The van der Waals surface area contributed by atoms with E-state index in [1.54, 1.807) is 0 Å². The second-order valence-electron chi connectivity index (χ2n) is 3.57. The summed E-state index contributed by atoms with van der Waals surface area (Å²) in [6, 6.07) is 0. The topological polar surface area (TPSA) is 18.5 Å². The van der Waals surface area contributed by atoms with Gasteiger partial charge in [0.15, 0.2) is 0 Å². The zero-order chi connectivity index (χ0) is 10.5. The molecule has 0 spiro atoms. The molecule has 0 saturated carbocycles. The van der Waals surface area contributed by atoms with Crippen LogP contribution in [-0.4, -0.2) is 29.6 Å². The van der Waals surface area contributed by atoms with Gasteiger partial charge in [-0.3, -0.25) is 0 Å². The van der Waals surface area contributed by atoms with E-state index >= 15 is 0 Å². The Kier molecular flexibility index (Phi) is 7.82. The second kappa shape index (κ2) is 6.97. The molecule has 0 fully saturated rings. The van der Waals surface area contributed by atoms with Gasteiger partial charge in [0.1, 0.15) is 0 Å². The highest BCUT2D eigenvalue weighted by atomic mass is 127. The van der Waals surface area contributed by atoms with Crippen LogP contribution in [0.2, 0.25) is 13.1 Å². The van der Waals surface area contributed by atoms with Crippen LogP contribution in [-0.2, 0) is 8.85 Å². The van der Waals surface area contributed by atoms with E-state index in [1.807, 2.05) is 0 Å². The van der Waals surface area contributed by atoms with Crippen LogP contribution in [0.25, 0.3) is 0 Å². The van der Waals surface area contributed by atoms with Gasteiger partial charge in [0, 0.05) is 15.0 Å². The van der Waals surface area contributed by atoms with Crippen LogP contribution >= 0.6 is 45.2 Å². The summed E-state index contributed by atoms with van der Waals surface area (Å²) in [5.41, 5.74) is 0. The van der Waals surface area contributed by atoms with Gasteiger partial charge in [-0.05, 0) is 20.0 Å². The van der Waals surface area contributed by atoms with Crippen LogP contribution in [0.15, 0.2) is 0 Å². The fourth-order valence-corrected chi connectivity index (χ4v) is 3.68. The van der Waals surface area contributed by atoms with E-state index in [2.05, 4.69) is 72.1 Å². The third-order valence-electron chi connectivity index (χ3n) is 1.36. The van der Waals surface area contributed by atoms with Crippen molar-refractivity contribution in [3.63, 3.8) is 0 Å². The molecule has 13 heavy (non-hydrogen) atoms. The summed E-state index contributed by atoms with van der Waals surface area (Å²) in [5, 5.41) is 0. The summed E-state index contributed by atoms with van der Waals surface area (Å²) in [6.45, 7) is 9.25. The Bertz CT molecular complexity index is 142. The summed E-state index contributed by atoms with van der Waals surface area (Å²) in [7, 11) is -1.86. The molecule has 0 aromatic carbocycles. The predicted octanol–water partition coefficient (Wildman–Crippen LogP) is 3.37. The Morgan fingerprint density at radius 3 is 2.23 bits per heavy atom. The molecular weight excluding hydrogens is 410 g/mol. The van der Waals surface area contributed by atoms with Crippen molar-refractivity contribution in [3.8, 4) is 0 Å². The van der Waals surface area contributed by atoms with Gasteiger partial charge in [0.25, 0.3) is 0 Å². The van der Waals surface area contributed by atoms with Gasteiger partial charge in [-0.2, -0.15) is 0 Å². The molecular formula is C8H18I2O2Si. The first-order chi connectivity index (χ1) is 5.87. The van der Waals surface area contributed by atoms with Crippen LogP contribution in [0.5, 0.6) is 0 Å². The maximum Gasteiger partial charge on any atom is 0.332 e. The number of halogens is 2. The van der Waals surface area contributed by atoms with Crippen molar-refractivity contribution >= 4 is 53.7 Å². The molecule has 0 aromatic rings. The molecule has 0 rings (SSSR count). The third kappa shape index (κ3) is 8.58. The van der Waals surface area contributed by atoms with Gasteiger partial charge in [0.2, 0.25) is 0 Å². The first kappa shape index (κ1) is 14.6. The van der Waals surface area contributed by atoms with E-state index in [1.165, 1.54) is 0 Å². The number of alkyl halides is 2. The van der Waals surface area contributed by atoms with E-state index in [-0.39, 0.29) is 0 Å². The second-order valence-corrected chi connectivity index (χ2v) is 9.91. The molecule has 0 saturated heterocycles. The fourth-order valence-electron chi connectivity index (χ4n) is 0.866. The van der Waals surface area contributed by atoms with Gasteiger partial charge in [-0.1, -0.05) is 52.1 Å². The van der Waals surface area contributed by atoms with Crippen molar-refractivity contribution in [1.82, 2.24) is 0 Å². The molecule has 0 aromatic heterocycles. The Hall–Kier alpha value is 1.60. The molecule has 0 radical (unpaired) electrons. The summed E-state index contributed by atoms with van der Waals surface area (Å²) in [4.78, 5) is 0. The zero-order valence-corrected chi connectivity index (χ0v) is 14.0. The van der Waals surface area contributed by atoms with Crippen LogP contribution in [0.4, 0.5) is 0 Å². The minimum Gasteiger partial charge on any atom is -0.393 e. The van der Waals surface area contributed by atoms with Gasteiger partial charge in [-0.25, -0.2) is 0 Å². The molecule has 5 heteroatoms. The molecule has 2 unspecified atom stereocenters. The minimum absolute atomic E-state index is 0.312. The molecule has 2 nitrogen and oxygen atoms in total. The van der Waals surface area contributed by atoms with E-state index in [0.29, 0.717) is 10.0 Å². The lowest BCUT2D eigenvalue weighted by Gasteiger charge is -2.26. The van der Waals surface area contributed by atoms with Crippen molar-refractivity contribution in [2.45, 2.75) is 37.0 Å². The molecule has 2 atom stereocenters. The van der Waals surface area contributed by atoms with Crippen molar-refractivity contribution in [2.75, 3.05) is 11.0 Å². The lowest BCUT2D eigenvalue weighted by Crippen LogP contribution is -2.39. The van der Waals surface area contributed by atoms with Crippen molar-refractivity contribution in [3.05, 3.63) is 0 Å². The Morgan fingerprint density at radius 1 is 1.31 bits per heavy atom. The molecule has 0 amide bonds. The normalized spacial score (nSPS) is 17.1. The van der Waals surface area contributed by atoms with E-state index < -0.39 is 8.56 Å². The Balaban J connectivity index is 3.79. The number of hydrogen-bond donors (Lipinski definition) is 0. The monoisotopic (exact) mass is 428 g/mol. The van der Waals surface area contributed by atoms with Gasteiger partial charge in [0.05, 0.1) is 6.10 Å². The highest BCUT2D eigenvalue weighted by molar-refractivity contribution is 14.1. The molecule has 80 valence electrons. The minimum atomic E-state index is -1.86. The summed E-state index contributed by atoms with van der Waals surface area (Å²) in [6.07, 6.45) is 0.312. The average Bonchev–Trinajstić information content (AvgIpc) is 2.00. The van der Waals surface area contributed by atoms with Crippen LogP contribution in [0, 0.1) is 0 Å². The van der Waals surface area contributed by atoms with Crippen molar-refractivity contribution in [2.24, 2.45) is 0 Å². The highest BCUT2D eigenvalue weighted by Gasteiger charge is 2.27. The Labute approximate surface area is 110 Å². The van der Waals surface area contributed by atoms with Crippen LogP contribution < -0.4 is 0 Å². The van der Waals surface area contributed by atoms with Crippen molar-refractivity contribution in [1.29, 1.82) is 0 Å². The van der Waals surface area contributed by atoms with Crippen molar-refractivity contribution < 1.29 is 8.85 Å². The maximum atomic E-state index is 5.84. The molecule has 0 aliphatic rings. The van der Waals surface area contributed by atoms with Gasteiger partial charge >= 0.3 is 8.56 Å². The van der Waals surface area contributed by atoms with E-state index in [0.717, 1.165) is 11.0 Å². The summed E-state index contributed by atoms with van der Waals surface area (Å²) >= 11 is 4.70. The standard InChI is InChI=1S/C8H18I2O2Si/c1-7(10)6-11-13(3,4)12-8(2)5-9/h7-8H,5-6H2,1-4H3. The molecule has 0 bridgehead atoms. The van der Waals surface area contributed by atoms with E-state index in [9.17, 15) is 0 Å². The highest BCUT2D eigenvalue weighted by Crippen LogP contribution is 2.13. The summed E-state index contributed by atoms with van der Waals surface area (Å²) < 4.78 is 13.2. The Morgan fingerprint density at radius 2 is 1.85 bits per heavy atom. The smallest absolute Gasteiger partial charge is 0.332 e. The van der Waals surface area contributed by atoms with Gasteiger partial charge in [-0.15, -0.1) is 0 Å². The van der Waals surface area contributed by atoms with Crippen LogP contribution in [0.3, 0.4) is 0 Å².